The maximum Gasteiger partial charge on any atom is 0.308 e. The monoisotopic (exact) mass is 208 g/mol. The van der Waals surface area contributed by atoms with Crippen LogP contribution in [0.25, 0.3) is 0 Å². The van der Waals surface area contributed by atoms with E-state index in [9.17, 15) is 18.9 Å². The Morgan fingerprint density at radius 3 is 2.46 bits per heavy atom. The summed E-state index contributed by atoms with van der Waals surface area (Å²) in [7, 11) is 0. The first-order valence-corrected chi connectivity index (χ1v) is 3.40. The lowest BCUT2D eigenvalue weighted by atomic mass is 10.2. The van der Waals surface area contributed by atoms with Crippen molar-refractivity contribution in [1.29, 1.82) is 0 Å². The SMILES string of the molecule is Nc1cc([N+](=O)[O-])c(F)c(Cl)c1F. The largest absolute Gasteiger partial charge is 0.396 e. The lowest BCUT2D eigenvalue weighted by molar-refractivity contribution is -0.387. The molecule has 7 heteroatoms. The number of rotatable bonds is 1. The Morgan fingerprint density at radius 1 is 1.46 bits per heavy atom. The molecule has 0 aliphatic carbocycles. The third-order valence-electron chi connectivity index (χ3n) is 1.35. The van der Waals surface area contributed by atoms with Gasteiger partial charge in [0.25, 0.3) is 0 Å². The number of halogens is 3. The van der Waals surface area contributed by atoms with Gasteiger partial charge in [-0.1, -0.05) is 11.6 Å². The molecule has 1 aromatic rings. The molecule has 13 heavy (non-hydrogen) atoms. The number of nitrogens with zero attached hydrogens (tertiary/aromatic N) is 1. The molecule has 0 aliphatic rings. The average Bonchev–Trinajstić information content (AvgIpc) is 2.07. The number of hydrogen-bond donors (Lipinski definition) is 1. The Morgan fingerprint density at radius 2 is 2.00 bits per heavy atom. The molecule has 4 nitrogen and oxygen atoms in total. The number of nitro groups is 1. The summed E-state index contributed by atoms with van der Waals surface area (Å²) in [4.78, 5) is 9.14. The second-order valence-corrected chi connectivity index (χ2v) is 2.56. The van der Waals surface area contributed by atoms with Crippen molar-refractivity contribution in [1.82, 2.24) is 0 Å². The minimum Gasteiger partial charge on any atom is -0.396 e. The molecule has 0 aliphatic heterocycles. The zero-order valence-corrected chi connectivity index (χ0v) is 6.81. The molecule has 1 rings (SSSR count). The first-order chi connectivity index (χ1) is 5.95. The third-order valence-corrected chi connectivity index (χ3v) is 1.68. The highest BCUT2D eigenvalue weighted by atomic mass is 35.5. The molecule has 0 saturated carbocycles. The van der Waals surface area contributed by atoms with Crippen molar-refractivity contribution in [2.75, 3.05) is 5.73 Å². The van der Waals surface area contributed by atoms with Gasteiger partial charge in [0.15, 0.2) is 5.82 Å². The first-order valence-electron chi connectivity index (χ1n) is 3.02. The quantitative estimate of drug-likeness (QED) is 0.333. The van der Waals surface area contributed by atoms with Crippen molar-refractivity contribution in [2.24, 2.45) is 0 Å². The van der Waals surface area contributed by atoms with Crippen molar-refractivity contribution >= 4 is 23.0 Å². The molecule has 0 unspecified atom stereocenters. The number of benzene rings is 1. The van der Waals surface area contributed by atoms with Crippen LogP contribution in [-0.2, 0) is 0 Å². The Kier molecular flexibility index (Phi) is 2.33. The van der Waals surface area contributed by atoms with Gasteiger partial charge in [-0.05, 0) is 0 Å². The van der Waals surface area contributed by atoms with Crippen LogP contribution >= 0.6 is 11.6 Å². The van der Waals surface area contributed by atoms with Gasteiger partial charge in [-0.15, -0.1) is 0 Å². The summed E-state index contributed by atoms with van der Waals surface area (Å²) in [6.45, 7) is 0. The molecule has 1 aromatic carbocycles. The van der Waals surface area contributed by atoms with Crippen molar-refractivity contribution in [3.05, 3.63) is 32.8 Å². The number of nitro benzene ring substituents is 1. The summed E-state index contributed by atoms with van der Waals surface area (Å²) in [5.74, 6) is -2.61. The van der Waals surface area contributed by atoms with Crippen LogP contribution in [0.3, 0.4) is 0 Å². The molecular weight excluding hydrogens is 206 g/mol. The molecule has 0 aromatic heterocycles. The van der Waals surface area contributed by atoms with E-state index in [1.807, 2.05) is 0 Å². The topological polar surface area (TPSA) is 69.2 Å². The summed E-state index contributed by atoms with van der Waals surface area (Å²) in [5.41, 5.74) is 3.50. The molecule has 0 radical (unpaired) electrons. The molecule has 0 atom stereocenters. The van der Waals surface area contributed by atoms with Gasteiger partial charge in [0.1, 0.15) is 5.02 Å². The van der Waals surface area contributed by atoms with Crippen molar-refractivity contribution in [3.8, 4) is 0 Å². The highest BCUT2D eigenvalue weighted by Crippen LogP contribution is 2.31. The standard InChI is InChI=1S/C6H3ClF2N2O2/c7-4-5(8)2(10)1-3(6(4)9)11(12)13/h1H,10H2. The maximum absolute atomic E-state index is 12.8. The second-order valence-electron chi connectivity index (χ2n) is 2.18. The first kappa shape index (κ1) is 9.66. The van der Waals surface area contributed by atoms with Crippen LogP contribution in [0.2, 0.25) is 5.02 Å². The fraction of sp³-hybridized carbons (Fsp3) is 0. The minimum absolute atomic E-state index is 0.557. The van der Waals surface area contributed by atoms with E-state index >= 15 is 0 Å². The van der Waals surface area contributed by atoms with Gasteiger partial charge in [0, 0.05) is 6.07 Å². The zero-order chi connectivity index (χ0) is 10.2. The van der Waals surface area contributed by atoms with Crippen LogP contribution in [0, 0.1) is 21.7 Å². The lowest BCUT2D eigenvalue weighted by Crippen LogP contribution is -1.99. The Labute approximate surface area is 76.1 Å². The summed E-state index contributed by atoms with van der Waals surface area (Å²) in [6, 6.07) is 0.580. The number of nitrogen functional groups attached to an aromatic ring is 1. The average molecular weight is 209 g/mol. The van der Waals surface area contributed by atoms with E-state index in [2.05, 4.69) is 0 Å². The van der Waals surface area contributed by atoms with Crippen molar-refractivity contribution < 1.29 is 13.7 Å². The molecule has 0 spiro atoms. The highest BCUT2D eigenvalue weighted by Gasteiger charge is 2.22. The van der Waals surface area contributed by atoms with Crippen LogP contribution in [0.1, 0.15) is 0 Å². The smallest absolute Gasteiger partial charge is 0.308 e. The van der Waals surface area contributed by atoms with Crippen LogP contribution in [-0.4, -0.2) is 4.92 Å². The van der Waals surface area contributed by atoms with Gasteiger partial charge in [0.2, 0.25) is 5.82 Å². The zero-order valence-electron chi connectivity index (χ0n) is 6.05. The fourth-order valence-corrected chi connectivity index (χ4v) is 0.948. The Balaban J connectivity index is 3.50. The summed E-state index contributed by atoms with van der Waals surface area (Å²) >= 11 is 5.10. The molecule has 0 heterocycles. The van der Waals surface area contributed by atoms with Crippen molar-refractivity contribution in [3.63, 3.8) is 0 Å². The fourth-order valence-electron chi connectivity index (χ4n) is 0.742. The van der Waals surface area contributed by atoms with E-state index in [0.717, 1.165) is 0 Å². The number of hydrogen-bond acceptors (Lipinski definition) is 3. The normalized spacial score (nSPS) is 10.1. The molecule has 2 N–H and O–H groups in total. The van der Waals surface area contributed by atoms with Crippen LogP contribution < -0.4 is 5.73 Å². The number of nitrogens with two attached hydrogens (primary N) is 1. The maximum atomic E-state index is 12.8. The summed E-state index contributed by atoms with van der Waals surface area (Å²) in [6.07, 6.45) is 0. The predicted molar refractivity (Wildman–Crippen MR) is 42.4 cm³/mol. The number of anilines is 1. The molecule has 70 valence electrons. The van der Waals surface area contributed by atoms with Gasteiger partial charge in [-0.2, -0.15) is 4.39 Å². The Bertz CT molecular complexity index is 383. The lowest BCUT2D eigenvalue weighted by Gasteiger charge is -2.00. The molecule has 0 amide bonds. The van der Waals surface area contributed by atoms with Gasteiger partial charge < -0.3 is 5.73 Å². The summed E-state index contributed by atoms with van der Waals surface area (Å²) in [5, 5.41) is 9.20. The summed E-state index contributed by atoms with van der Waals surface area (Å²) < 4.78 is 25.5. The van der Waals surface area contributed by atoms with E-state index in [1.165, 1.54) is 0 Å². The van der Waals surface area contributed by atoms with E-state index in [-0.39, 0.29) is 0 Å². The van der Waals surface area contributed by atoms with Gasteiger partial charge in [-0.3, -0.25) is 10.1 Å². The van der Waals surface area contributed by atoms with Crippen molar-refractivity contribution in [2.45, 2.75) is 0 Å². The van der Waals surface area contributed by atoms with E-state index in [4.69, 9.17) is 17.3 Å². The van der Waals surface area contributed by atoms with Gasteiger partial charge >= 0.3 is 5.69 Å². The van der Waals surface area contributed by atoms with E-state index in [0.29, 0.717) is 6.07 Å². The van der Waals surface area contributed by atoms with Crippen LogP contribution in [0.4, 0.5) is 20.2 Å². The molecular formula is C6H3ClF2N2O2. The third kappa shape index (κ3) is 1.52. The van der Waals surface area contributed by atoms with Crippen LogP contribution in [0.5, 0.6) is 0 Å². The van der Waals surface area contributed by atoms with Gasteiger partial charge in [-0.25, -0.2) is 4.39 Å². The molecule has 0 saturated heterocycles. The molecule has 0 bridgehead atoms. The Hall–Kier alpha value is -1.43. The predicted octanol–water partition coefficient (Wildman–Crippen LogP) is 2.11. The van der Waals surface area contributed by atoms with E-state index in [1.54, 1.807) is 0 Å². The van der Waals surface area contributed by atoms with Gasteiger partial charge in [0.05, 0.1) is 10.6 Å². The minimum atomic E-state index is -1.42. The highest BCUT2D eigenvalue weighted by molar-refractivity contribution is 6.31. The van der Waals surface area contributed by atoms with E-state index < -0.39 is 33.0 Å². The van der Waals surface area contributed by atoms with Crippen LogP contribution in [0.15, 0.2) is 6.07 Å². The second kappa shape index (κ2) is 3.14. The molecule has 0 fully saturated rings.